The van der Waals surface area contributed by atoms with Gasteiger partial charge in [-0.25, -0.2) is 0 Å². The smallest absolute Gasteiger partial charge is 0.0696 e. The van der Waals surface area contributed by atoms with E-state index in [1.54, 1.807) is 10.8 Å². The van der Waals surface area contributed by atoms with Crippen molar-refractivity contribution in [2.24, 2.45) is 0 Å². The Labute approximate surface area is 45.2 Å². The predicted molar refractivity (Wildman–Crippen MR) is 31.0 cm³/mol. The van der Waals surface area contributed by atoms with Gasteiger partial charge < -0.3 is 0 Å². The summed E-state index contributed by atoms with van der Waals surface area (Å²) >= 11 is 0. The van der Waals surface area contributed by atoms with Gasteiger partial charge in [0.25, 0.3) is 0 Å². The molecule has 0 saturated heterocycles. The first-order valence-electron chi connectivity index (χ1n) is 2.12. The summed E-state index contributed by atoms with van der Waals surface area (Å²) in [7, 11) is -0.801. The third kappa shape index (κ3) is 1.27. The molecule has 0 bridgehead atoms. The molecule has 7 heavy (non-hydrogen) atoms. The van der Waals surface area contributed by atoms with Gasteiger partial charge in [0.2, 0.25) is 0 Å². The lowest BCUT2D eigenvalue weighted by Crippen LogP contribution is -1.79. The van der Waals surface area contributed by atoms with Gasteiger partial charge in [-0.2, -0.15) is 0 Å². The SMILES string of the molecule is O=S1C=CCC=C1. The molecule has 38 valence electrons. The largest absolute Gasteiger partial charge is 0.250 e. The van der Waals surface area contributed by atoms with Crippen LogP contribution in [0.15, 0.2) is 23.0 Å². The summed E-state index contributed by atoms with van der Waals surface area (Å²) in [5, 5.41) is 3.39. The molecule has 1 heterocycles. The van der Waals surface area contributed by atoms with Gasteiger partial charge in [0.15, 0.2) is 0 Å². The first-order valence-corrected chi connectivity index (χ1v) is 3.40. The van der Waals surface area contributed by atoms with Crippen LogP contribution in [0.3, 0.4) is 0 Å². The minimum absolute atomic E-state index is 0.801. The van der Waals surface area contributed by atoms with E-state index in [2.05, 4.69) is 0 Å². The van der Waals surface area contributed by atoms with Gasteiger partial charge in [0.1, 0.15) is 0 Å². The van der Waals surface area contributed by atoms with Gasteiger partial charge >= 0.3 is 0 Å². The first-order chi connectivity index (χ1) is 3.39. The molecule has 1 nitrogen and oxygen atoms in total. The Balaban J connectivity index is 2.66. The van der Waals surface area contributed by atoms with E-state index in [4.69, 9.17) is 0 Å². The molecule has 0 aromatic rings. The first kappa shape index (κ1) is 4.78. The van der Waals surface area contributed by atoms with Crippen LogP contribution in [-0.4, -0.2) is 4.21 Å². The number of allylic oxidation sites excluding steroid dienone is 2. The highest BCUT2D eigenvalue weighted by molar-refractivity contribution is 7.90. The van der Waals surface area contributed by atoms with E-state index >= 15 is 0 Å². The van der Waals surface area contributed by atoms with Crippen molar-refractivity contribution in [2.45, 2.75) is 6.42 Å². The second-order valence-electron chi connectivity index (χ2n) is 1.31. The fourth-order valence-electron chi connectivity index (χ4n) is 0.425. The summed E-state index contributed by atoms with van der Waals surface area (Å²) in [5.41, 5.74) is 0. The van der Waals surface area contributed by atoms with Crippen molar-refractivity contribution in [3.05, 3.63) is 23.0 Å². The molecule has 0 aromatic heterocycles. The molecule has 0 N–H and O–H groups in total. The zero-order chi connectivity index (χ0) is 5.11. The van der Waals surface area contributed by atoms with Gasteiger partial charge in [0.05, 0.1) is 10.8 Å². The highest BCUT2D eigenvalue weighted by Gasteiger charge is 1.87. The fourth-order valence-corrected chi connectivity index (χ4v) is 1.12. The van der Waals surface area contributed by atoms with E-state index in [0.717, 1.165) is 6.42 Å². The monoisotopic (exact) mass is 114 g/mol. The van der Waals surface area contributed by atoms with Gasteiger partial charge in [0, 0.05) is 10.8 Å². The Hall–Kier alpha value is -0.370. The van der Waals surface area contributed by atoms with Gasteiger partial charge in [-0.15, -0.1) is 0 Å². The summed E-state index contributed by atoms with van der Waals surface area (Å²) in [6.45, 7) is 0. The average molecular weight is 114 g/mol. The van der Waals surface area contributed by atoms with Crippen molar-refractivity contribution in [3.63, 3.8) is 0 Å². The van der Waals surface area contributed by atoms with Crippen molar-refractivity contribution in [3.8, 4) is 0 Å². The quantitative estimate of drug-likeness (QED) is 0.462. The molecule has 0 spiro atoms. The molecule has 2 heteroatoms. The summed E-state index contributed by atoms with van der Waals surface area (Å²) in [6.07, 6.45) is 4.73. The Bertz CT molecular complexity index is 121. The maximum absolute atomic E-state index is 10.4. The molecule has 0 radical (unpaired) electrons. The maximum atomic E-state index is 10.4. The molecule has 1 rings (SSSR count). The van der Waals surface area contributed by atoms with Crippen LogP contribution >= 0.6 is 0 Å². The molecule has 0 amide bonds. The average Bonchev–Trinajstić information content (AvgIpc) is 1.69. The standard InChI is InChI=1S/C5H6OS/c6-7-4-2-1-3-5-7/h2-5H,1H2. The molecular weight excluding hydrogens is 108 g/mol. The Morgan fingerprint density at radius 1 is 1.29 bits per heavy atom. The van der Waals surface area contributed by atoms with E-state index in [-0.39, 0.29) is 0 Å². The Kier molecular flexibility index (Phi) is 1.42. The number of hydrogen-bond donors (Lipinski definition) is 0. The van der Waals surface area contributed by atoms with E-state index in [0.29, 0.717) is 0 Å². The lowest BCUT2D eigenvalue weighted by atomic mass is 10.4. The van der Waals surface area contributed by atoms with Crippen LogP contribution in [-0.2, 0) is 10.8 Å². The predicted octanol–water partition coefficient (Wildman–Crippen LogP) is 1.17. The minimum atomic E-state index is -0.801. The molecule has 1 aliphatic heterocycles. The zero-order valence-electron chi connectivity index (χ0n) is 3.83. The van der Waals surface area contributed by atoms with Crippen LogP contribution in [0.2, 0.25) is 0 Å². The highest BCUT2D eigenvalue weighted by atomic mass is 32.2. The highest BCUT2D eigenvalue weighted by Crippen LogP contribution is 1.98. The lowest BCUT2D eigenvalue weighted by molar-refractivity contribution is 0.693. The van der Waals surface area contributed by atoms with E-state index in [1.807, 2.05) is 12.2 Å². The molecule has 1 aliphatic rings. The van der Waals surface area contributed by atoms with Gasteiger partial charge in [-0.05, 0) is 6.42 Å². The van der Waals surface area contributed by atoms with E-state index in [9.17, 15) is 4.21 Å². The third-order valence-corrected chi connectivity index (χ3v) is 1.65. The van der Waals surface area contributed by atoms with Crippen LogP contribution in [0.4, 0.5) is 0 Å². The summed E-state index contributed by atoms with van der Waals surface area (Å²) in [6, 6.07) is 0. The van der Waals surface area contributed by atoms with Crippen molar-refractivity contribution in [1.82, 2.24) is 0 Å². The zero-order valence-corrected chi connectivity index (χ0v) is 4.65. The molecule has 0 fully saturated rings. The number of rotatable bonds is 0. The van der Waals surface area contributed by atoms with Crippen molar-refractivity contribution >= 4 is 10.8 Å². The fraction of sp³-hybridized carbons (Fsp3) is 0.200. The van der Waals surface area contributed by atoms with Gasteiger partial charge in [-0.3, -0.25) is 4.21 Å². The molecule has 0 saturated carbocycles. The van der Waals surface area contributed by atoms with Crippen molar-refractivity contribution < 1.29 is 4.21 Å². The topological polar surface area (TPSA) is 17.1 Å². The minimum Gasteiger partial charge on any atom is -0.250 e. The van der Waals surface area contributed by atoms with Crippen molar-refractivity contribution in [1.29, 1.82) is 0 Å². The second kappa shape index (κ2) is 2.07. The molecular formula is C5H6OS. The summed E-state index contributed by atoms with van der Waals surface area (Å²) in [5.74, 6) is 0. The normalized spacial score (nSPS) is 20.6. The van der Waals surface area contributed by atoms with Crippen LogP contribution in [0.25, 0.3) is 0 Å². The lowest BCUT2D eigenvalue weighted by Gasteiger charge is -1.88. The molecule has 0 aliphatic carbocycles. The summed E-state index contributed by atoms with van der Waals surface area (Å²) in [4.78, 5) is 0. The van der Waals surface area contributed by atoms with Crippen LogP contribution in [0.5, 0.6) is 0 Å². The van der Waals surface area contributed by atoms with Crippen molar-refractivity contribution in [2.75, 3.05) is 0 Å². The molecule has 0 unspecified atom stereocenters. The maximum Gasteiger partial charge on any atom is 0.0696 e. The van der Waals surface area contributed by atoms with E-state index < -0.39 is 10.8 Å². The van der Waals surface area contributed by atoms with E-state index in [1.165, 1.54) is 0 Å². The number of hydrogen-bond acceptors (Lipinski definition) is 1. The van der Waals surface area contributed by atoms with Crippen LogP contribution in [0, 0.1) is 0 Å². The summed E-state index contributed by atoms with van der Waals surface area (Å²) < 4.78 is 10.4. The molecule has 0 atom stereocenters. The Morgan fingerprint density at radius 3 is 2.14 bits per heavy atom. The van der Waals surface area contributed by atoms with Crippen LogP contribution in [0.1, 0.15) is 6.42 Å². The molecule has 0 aromatic carbocycles. The third-order valence-electron chi connectivity index (χ3n) is 0.733. The second-order valence-corrected chi connectivity index (χ2v) is 2.51. The Morgan fingerprint density at radius 2 is 1.86 bits per heavy atom. The van der Waals surface area contributed by atoms with Gasteiger partial charge in [-0.1, -0.05) is 12.2 Å². The van der Waals surface area contributed by atoms with Crippen LogP contribution < -0.4 is 0 Å².